The van der Waals surface area contributed by atoms with Crippen molar-refractivity contribution in [3.63, 3.8) is 0 Å². The molecule has 1 saturated carbocycles. The van der Waals surface area contributed by atoms with Crippen molar-refractivity contribution in [3.8, 4) is 0 Å². The molecule has 0 aliphatic heterocycles. The van der Waals surface area contributed by atoms with Crippen molar-refractivity contribution in [2.75, 3.05) is 11.9 Å². The number of hydrogen-bond acceptors (Lipinski definition) is 4. The van der Waals surface area contributed by atoms with Gasteiger partial charge in [0, 0.05) is 19.5 Å². The molecule has 0 amide bonds. The summed E-state index contributed by atoms with van der Waals surface area (Å²) in [6.45, 7) is 6.68. The third-order valence-corrected chi connectivity index (χ3v) is 6.32. The molecule has 1 aromatic heterocycles. The fraction of sp³-hybridized carbons (Fsp3) is 0.765. The van der Waals surface area contributed by atoms with E-state index in [2.05, 4.69) is 32.7 Å². The largest absolute Gasteiger partial charge is 0.348 e. The number of anilines is 1. The van der Waals surface area contributed by atoms with Gasteiger partial charge in [-0.25, -0.2) is 4.98 Å². The molecule has 1 heterocycles. The Kier molecular flexibility index (Phi) is 3.85. The van der Waals surface area contributed by atoms with E-state index in [-0.39, 0.29) is 11.2 Å². The van der Waals surface area contributed by atoms with Crippen LogP contribution in [0.2, 0.25) is 0 Å². The molecule has 1 aromatic rings. The second-order valence-electron chi connectivity index (χ2n) is 7.65. The lowest BCUT2D eigenvalue weighted by molar-refractivity contribution is 0.0916. The Hall–Kier alpha value is -0.900. The van der Waals surface area contributed by atoms with Crippen molar-refractivity contribution in [1.29, 1.82) is 0 Å². The van der Waals surface area contributed by atoms with Crippen LogP contribution in [0.3, 0.4) is 0 Å². The Labute approximate surface area is 131 Å². The van der Waals surface area contributed by atoms with Gasteiger partial charge >= 0.3 is 0 Å². The van der Waals surface area contributed by atoms with E-state index >= 15 is 0 Å². The topological polar surface area (TPSA) is 33.2 Å². The van der Waals surface area contributed by atoms with Gasteiger partial charge in [-0.2, -0.15) is 0 Å². The summed E-state index contributed by atoms with van der Waals surface area (Å²) in [6.07, 6.45) is 6.82. The van der Waals surface area contributed by atoms with E-state index in [1.54, 1.807) is 11.3 Å². The fourth-order valence-corrected chi connectivity index (χ4v) is 4.91. The minimum atomic E-state index is 0.0616. The number of thiazole rings is 1. The summed E-state index contributed by atoms with van der Waals surface area (Å²) in [4.78, 5) is 20.4. The monoisotopic (exact) mass is 306 g/mol. The van der Waals surface area contributed by atoms with Crippen LogP contribution in [-0.2, 0) is 6.42 Å². The molecule has 0 N–H and O–H groups in total. The second kappa shape index (κ2) is 5.38. The lowest BCUT2D eigenvalue weighted by atomic mass is 9.78. The van der Waals surface area contributed by atoms with Crippen LogP contribution in [-0.4, -0.2) is 23.9 Å². The molecular weight excluding hydrogens is 280 g/mol. The molecule has 0 radical (unpaired) electrons. The van der Waals surface area contributed by atoms with Crippen LogP contribution in [0.4, 0.5) is 5.13 Å². The Morgan fingerprint density at radius 2 is 1.95 bits per heavy atom. The van der Waals surface area contributed by atoms with Crippen LogP contribution in [0.25, 0.3) is 0 Å². The average molecular weight is 306 g/mol. The zero-order valence-electron chi connectivity index (χ0n) is 13.6. The van der Waals surface area contributed by atoms with Gasteiger partial charge in [-0.05, 0) is 30.6 Å². The van der Waals surface area contributed by atoms with E-state index in [9.17, 15) is 4.79 Å². The van der Waals surface area contributed by atoms with Gasteiger partial charge in [0.1, 0.15) is 0 Å². The fourth-order valence-electron chi connectivity index (χ4n) is 3.87. The molecule has 0 saturated heterocycles. The minimum absolute atomic E-state index is 0.0616. The third-order valence-electron chi connectivity index (χ3n) is 5.09. The van der Waals surface area contributed by atoms with E-state index in [1.807, 2.05) is 0 Å². The zero-order chi connectivity index (χ0) is 15.2. The number of Topliss-reactive ketones (excluding diaryl/α,β-unsaturated/α-hetero) is 1. The minimum Gasteiger partial charge on any atom is -0.348 e. The standard InChI is InChI=1S/C17H26N2OS/c1-11-7-5-6-8-13(11)19(4)16-18-12-9-17(2,3)10-14(20)15(12)21-16/h11,13H,5-10H2,1-4H3. The molecule has 3 rings (SSSR count). The molecule has 116 valence electrons. The number of carbonyl (C=O) groups excluding carboxylic acids is 1. The van der Waals surface area contributed by atoms with Gasteiger partial charge in [-0.15, -0.1) is 0 Å². The number of aromatic nitrogens is 1. The lowest BCUT2D eigenvalue weighted by Crippen LogP contribution is -2.38. The van der Waals surface area contributed by atoms with E-state index in [4.69, 9.17) is 4.98 Å². The summed E-state index contributed by atoms with van der Waals surface area (Å²) >= 11 is 1.61. The molecule has 0 spiro atoms. The van der Waals surface area contributed by atoms with Gasteiger partial charge in [0.05, 0.1) is 10.6 Å². The summed E-state index contributed by atoms with van der Waals surface area (Å²) in [5.41, 5.74) is 1.10. The maximum atomic E-state index is 12.3. The van der Waals surface area contributed by atoms with Gasteiger partial charge in [-0.3, -0.25) is 4.79 Å². The summed E-state index contributed by atoms with van der Waals surface area (Å²) < 4.78 is 0. The Morgan fingerprint density at radius 1 is 1.24 bits per heavy atom. The molecule has 1 fully saturated rings. The van der Waals surface area contributed by atoms with Gasteiger partial charge < -0.3 is 4.90 Å². The summed E-state index contributed by atoms with van der Waals surface area (Å²) in [5.74, 6) is 1.01. The molecule has 3 nitrogen and oxygen atoms in total. The lowest BCUT2D eigenvalue weighted by Gasteiger charge is -2.36. The smallest absolute Gasteiger partial charge is 0.186 e. The maximum absolute atomic E-state index is 12.3. The summed E-state index contributed by atoms with van der Waals surface area (Å²) in [7, 11) is 2.16. The zero-order valence-corrected chi connectivity index (χ0v) is 14.4. The molecule has 2 aliphatic carbocycles. The van der Waals surface area contributed by atoms with E-state index in [0.717, 1.165) is 28.0 Å². The van der Waals surface area contributed by atoms with Crippen molar-refractivity contribution in [2.45, 2.75) is 65.3 Å². The average Bonchev–Trinajstić information content (AvgIpc) is 2.81. The van der Waals surface area contributed by atoms with Gasteiger partial charge in [0.2, 0.25) is 0 Å². The van der Waals surface area contributed by atoms with Crippen LogP contribution in [0.15, 0.2) is 0 Å². The molecule has 2 aliphatic rings. The van der Waals surface area contributed by atoms with Crippen molar-refractivity contribution >= 4 is 22.3 Å². The van der Waals surface area contributed by atoms with Crippen molar-refractivity contribution in [1.82, 2.24) is 4.98 Å². The highest BCUT2D eigenvalue weighted by atomic mass is 32.1. The van der Waals surface area contributed by atoms with Gasteiger partial charge in [0.25, 0.3) is 0 Å². The van der Waals surface area contributed by atoms with Crippen molar-refractivity contribution in [2.24, 2.45) is 11.3 Å². The number of ketones is 1. The van der Waals surface area contributed by atoms with E-state index in [1.165, 1.54) is 25.7 Å². The molecule has 21 heavy (non-hydrogen) atoms. The number of rotatable bonds is 2. The van der Waals surface area contributed by atoms with Crippen LogP contribution < -0.4 is 4.90 Å². The third kappa shape index (κ3) is 2.87. The first-order valence-electron chi connectivity index (χ1n) is 8.13. The highest BCUT2D eigenvalue weighted by Crippen LogP contribution is 2.40. The molecule has 2 unspecified atom stereocenters. The van der Waals surface area contributed by atoms with Crippen LogP contribution in [0, 0.1) is 11.3 Å². The number of hydrogen-bond donors (Lipinski definition) is 0. The highest BCUT2D eigenvalue weighted by molar-refractivity contribution is 7.17. The summed E-state index contributed by atoms with van der Waals surface area (Å²) in [6, 6.07) is 0.578. The Balaban J connectivity index is 1.86. The predicted molar refractivity (Wildman–Crippen MR) is 88.4 cm³/mol. The SMILES string of the molecule is CC1CCCCC1N(C)c1nc2c(s1)C(=O)CC(C)(C)C2. The Bertz CT molecular complexity index is 549. The number of carbonyl (C=O) groups is 1. The van der Waals surface area contributed by atoms with E-state index < -0.39 is 0 Å². The summed E-state index contributed by atoms with van der Waals surface area (Å²) in [5, 5.41) is 1.05. The first-order chi connectivity index (χ1) is 9.87. The van der Waals surface area contributed by atoms with Crippen molar-refractivity contribution < 1.29 is 4.79 Å². The van der Waals surface area contributed by atoms with Crippen LogP contribution in [0.5, 0.6) is 0 Å². The number of fused-ring (bicyclic) bond motifs is 1. The maximum Gasteiger partial charge on any atom is 0.186 e. The quantitative estimate of drug-likeness (QED) is 0.816. The van der Waals surface area contributed by atoms with E-state index in [0.29, 0.717) is 12.5 Å². The second-order valence-corrected chi connectivity index (χ2v) is 8.63. The first kappa shape index (κ1) is 15.0. The molecular formula is C17H26N2OS. The normalized spacial score (nSPS) is 28.3. The molecule has 2 atom stereocenters. The molecule has 0 aromatic carbocycles. The van der Waals surface area contributed by atoms with Gasteiger partial charge in [0.15, 0.2) is 10.9 Å². The molecule has 4 heteroatoms. The molecule has 0 bridgehead atoms. The predicted octanol–water partition coefficient (Wildman–Crippen LogP) is 4.31. The highest BCUT2D eigenvalue weighted by Gasteiger charge is 2.35. The first-order valence-corrected chi connectivity index (χ1v) is 8.95. The Morgan fingerprint density at radius 3 is 2.67 bits per heavy atom. The van der Waals surface area contributed by atoms with Crippen molar-refractivity contribution in [3.05, 3.63) is 10.6 Å². The van der Waals surface area contributed by atoms with Crippen LogP contribution >= 0.6 is 11.3 Å². The van der Waals surface area contributed by atoms with Gasteiger partial charge in [-0.1, -0.05) is 44.9 Å². The number of nitrogens with zero attached hydrogens (tertiary/aromatic N) is 2. The van der Waals surface area contributed by atoms with Crippen LogP contribution in [0.1, 0.15) is 68.2 Å².